The molecule has 0 N–H and O–H groups in total. The Bertz CT molecular complexity index is 94.2. The van der Waals surface area contributed by atoms with Crippen LogP contribution in [-0.2, 0) is 0 Å². The lowest BCUT2D eigenvalue weighted by atomic mass is 9.89. The summed E-state index contributed by atoms with van der Waals surface area (Å²) in [4.78, 5) is 0. The van der Waals surface area contributed by atoms with Crippen LogP contribution in [0.2, 0.25) is 0 Å². The summed E-state index contributed by atoms with van der Waals surface area (Å²) in [6.45, 7) is 10.9. The zero-order valence-corrected chi connectivity index (χ0v) is 9.81. The monoisotopic (exact) mass is 183 g/mol. The molecule has 0 heterocycles. The lowest BCUT2D eigenvalue weighted by Gasteiger charge is -2.17. The highest BCUT2D eigenvalue weighted by molar-refractivity contribution is 4.62. The minimum absolute atomic E-state index is 0.859. The van der Waals surface area contributed by atoms with Crippen molar-refractivity contribution in [2.24, 2.45) is 11.8 Å². The van der Waals surface area contributed by atoms with Gasteiger partial charge in [-0.2, -0.15) is 0 Å². The van der Waals surface area contributed by atoms with E-state index in [0.717, 1.165) is 18.3 Å². The Kier molecular flexibility index (Phi) is 8.59. The summed E-state index contributed by atoms with van der Waals surface area (Å²) in [6.07, 6.45) is 9.46. The molecule has 0 heteroatoms. The van der Waals surface area contributed by atoms with Gasteiger partial charge in [0.2, 0.25) is 0 Å². The zero-order valence-electron chi connectivity index (χ0n) is 9.81. The van der Waals surface area contributed by atoms with Gasteiger partial charge in [0, 0.05) is 0 Å². The van der Waals surface area contributed by atoms with Crippen LogP contribution in [0.4, 0.5) is 0 Å². The third kappa shape index (κ3) is 8.33. The van der Waals surface area contributed by atoms with Crippen LogP contribution in [0.25, 0.3) is 0 Å². The fraction of sp³-hybridized carbons (Fsp3) is 0.923. The van der Waals surface area contributed by atoms with Gasteiger partial charge in [-0.15, -0.1) is 0 Å². The standard InChI is InChI=1S/C13H27/c1-5-7-8-10-13(9-6-2)11-12(3)4/h12-13H,2,5-11H2,1,3-4H3. The molecule has 1 unspecified atom stereocenters. The van der Waals surface area contributed by atoms with E-state index in [9.17, 15) is 0 Å². The van der Waals surface area contributed by atoms with Gasteiger partial charge in [-0.1, -0.05) is 66.2 Å². The largest absolute Gasteiger partial charge is 0.0654 e. The van der Waals surface area contributed by atoms with E-state index in [-0.39, 0.29) is 0 Å². The summed E-state index contributed by atoms with van der Waals surface area (Å²) in [5.41, 5.74) is 0. The maximum atomic E-state index is 3.96. The third-order valence-corrected chi connectivity index (χ3v) is 2.63. The lowest BCUT2D eigenvalue weighted by molar-refractivity contribution is 0.354. The molecule has 0 aromatic heterocycles. The quantitative estimate of drug-likeness (QED) is 0.472. The number of hydrogen-bond acceptors (Lipinski definition) is 0. The van der Waals surface area contributed by atoms with Crippen molar-refractivity contribution in [3.05, 3.63) is 6.92 Å². The highest BCUT2D eigenvalue weighted by atomic mass is 14.1. The Morgan fingerprint density at radius 1 is 1.08 bits per heavy atom. The lowest BCUT2D eigenvalue weighted by Crippen LogP contribution is -2.04. The second-order valence-electron chi connectivity index (χ2n) is 4.63. The smallest absolute Gasteiger partial charge is 0.0412 e. The van der Waals surface area contributed by atoms with Crippen molar-refractivity contribution >= 4 is 0 Å². The molecule has 0 bridgehead atoms. The Balaban J connectivity index is 3.53. The van der Waals surface area contributed by atoms with Gasteiger partial charge in [-0.05, 0) is 18.3 Å². The highest BCUT2D eigenvalue weighted by Crippen LogP contribution is 2.22. The van der Waals surface area contributed by atoms with Gasteiger partial charge in [-0.25, -0.2) is 0 Å². The molecule has 0 saturated carbocycles. The molecule has 0 aromatic carbocycles. The molecule has 0 aliphatic carbocycles. The fourth-order valence-corrected chi connectivity index (χ4v) is 2.02. The van der Waals surface area contributed by atoms with E-state index in [1.807, 2.05) is 0 Å². The summed E-state index contributed by atoms with van der Waals surface area (Å²) in [6, 6.07) is 0. The molecule has 0 aliphatic rings. The molecule has 0 aliphatic heterocycles. The van der Waals surface area contributed by atoms with Gasteiger partial charge in [0.15, 0.2) is 0 Å². The van der Waals surface area contributed by atoms with Gasteiger partial charge < -0.3 is 0 Å². The zero-order chi connectivity index (χ0) is 10.1. The molecule has 0 rings (SSSR count). The van der Waals surface area contributed by atoms with Crippen molar-refractivity contribution < 1.29 is 0 Å². The molecule has 0 fully saturated rings. The Labute approximate surface area is 85.1 Å². The molecule has 0 amide bonds. The van der Waals surface area contributed by atoms with Gasteiger partial charge in [0.05, 0.1) is 0 Å². The van der Waals surface area contributed by atoms with Gasteiger partial charge in [-0.3, -0.25) is 0 Å². The van der Waals surface area contributed by atoms with Crippen LogP contribution in [0.15, 0.2) is 0 Å². The first-order valence-electron chi connectivity index (χ1n) is 5.99. The predicted molar refractivity (Wildman–Crippen MR) is 61.7 cm³/mol. The minimum atomic E-state index is 0.859. The van der Waals surface area contributed by atoms with E-state index >= 15 is 0 Å². The maximum Gasteiger partial charge on any atom is -0.0412 e. The average molecular weight is 183 g/mol. The number of unbranched alkanes of at least 4 members (excludes halogenated alkanes) is 2. The molecular weight excluding hydrogens is 156 g/mol. The van der Waals surface area contributed by atoms with E-state index in [4.69, 9.17) is 0 Å². The van der Waals surface area contributed by atoms with Gasteiger partial charge in [0.1, 0.15) is 0 Å². The SMILES string of the molecule is [CH2]CCC(CCCCC)CC(C)C. The van der Waals surface area contributed by atoms with Gasteiger partial charge >= 0.3 is 0 Å². The molecule has 0 spiro atoms. The predicted octanol–water partition coefficient (Wildman–Crippen LogP) is 4.84. The van der Waals surface area contributed by atoms with E-state index in [2.05, 4.69) is 27.7 Å². The summed E-state index contributed by atoms with van der Waals surface area (Å²) < 4.78 is 0. The van der Waals surface area contributed by atoms with Crippen LogP contribution >= 0.6 is 0 Å². The third-order valence-electron chi connectivity index (χ3n) is 2.63. The Hall–Kier alpha value is 0. The van der Waals surface area contributed by atoms with E-state index < -0.39 is 0 Å². The summed E-state index contributed by atoms with van der Waals surface area (Å²) >= 11 is 0. The first-order valence-corrected chi connectivity index (χ1v) is 5.99. The molecule has 13 heavy (non-hydrogen) atoms. The van der Waals surface area contributed by atoms with Crippen LogP contribution in [0, 0.1) is 18.8 Å². The highest BCUT2D eigenvalue weighted by Gasteiger charge is 2.09. The molecule has 0 saturated heterocycles. The Morgan fingerprint density at radius 2 is 1.77 bits per heavy atom. The molecule has 1 radical (unpaired) electrons. The van der Waals surface area contributed by atoms with Crippen molar-refractivity contribution in [2.45, 2.75) is 65.7 Å². The number of rotatable bonds is 8. The normalized spacial score (nSPS) is 13.6. The van der Waals surface area contributed by atoms with E-state index in [1.165, 1.54) is 38.5 Å². The summed E-state index contributed by atoms with van der Waals surface area (Å²) in [5, 5.41) is 0. The van der Waals surface area contributed by atoms with Crippen LogP contribution in [0.3, 0.4) is 0 Å². The molecule has 1 atom stereocenters. The first kappa shape index (κ1) is 13.0. The molecular formula is C13H27. The second kappa shape index (κ2) is 8.59. The van der Waals surface area contributed by atoms with Crippen LogP contribution in [0.1, 0.15) is 65.7 Å². The van der Waals surface area contributed by atoms with Crippen molar-refractivity contribution in [3.63, 3.8) is 0 Å². The minimum Gasteiger partial charge on any atom is -0.0654 e. The molecule has 0 nitrogen and oxygen atoms in total. The van der Waals surface area contributed by atoms with Crippen molar-refractivity contribution in [3.8, 4) is 0 Å². The molecule has 0 aromatic rings. The van der Waals surface area contributed by atoms with Crippen molar-refractivity contribution in [2.75, 3.05) is 0 Å². The molecule has 79 valence electrons. The van der Waals surface area contributed by atoms with Crippen molar-refractivity contribution in [1.29, 1.82) is 0 Å². The van der Waals surface area contributed by atoms with Crippen LogP contribution < -0.4 is 0 Å². The van der Waals surface area contributed by atoms with Crippen LogP contribution in [-0.4, -0.2) is 0 Å². The summed E-state index contributed by atoms with van der Waals surface area (Å²) in [5.74, 6) is 1.81. The number of hydrogen-bond donors (Lipinski definition) is 0. The summed E-state index contributed by atoms with van der Waals surface area (Å²) in [7, 11) is 0. The van der Waals surface area contributed by atoms with E-state index in [0.29, 0.717) is 0 Å². The second-order valence-corrected chi connectivity index (χ2v) is 4.63. The Morgan fingerprint density at radius 3 is 2.23 bits per heavy atom. The maximum absolute atomic E-state index is 3.96. The fourth-order valence-electron chi connectivity index (χ4n) is 2.02. The van der Waals surface area contributed by atoms with Gasteiger partial charge in [0.25, 0.3) is 0 Å². The van der Waals surface area contributed by atoms with Crippen molar-refractivity contribution in [1.82, 2.24) is 0 Å². The average Bonchev–Trinajstić information content (AvgIpc) is 2.04. The topological polar surface area (TPSA) is 0 Å². The van der Waals surface area contributed by atoms with Crippen LogP contribution in [0.5, 0.6) is 0 Å². The first-order chi connectivity index (χ1) is 6.20. The van der Waals surface area contributed by atoms with E-state index in [1.54, 1.807) is 0 Å².